The van der Waals surface area contributed by atoms with Crippen molar-refractivity contribution >= 4 is 28.8 Å². The van der Waals surface area contributed by atoms with Gasteiger partial charge in [0.15, 0.2) is 0 Å². The van der Waals surface area contributed by atoms with E-state index in [-0.39, 0.29) is 11.6 Å². The number of para-hydroxylation sites is 1. The van der Waals surface area contributed by atoms with Gasteiger partial charge in [-0.15, -0.1) is 0 Å². The van der Waals surface area contributed by atoms with Crippen LogP contribution in [0.4, 0.5) is 21.9 Å². The number of piperazine rings is 1. The maximum Gasteiger partial charge on any atom is 0.321 e. The number of carbonyl (C=O) groups is 1. The number of fused-ring (bicyclic) bond motifs is 1. The molecule has 7 nitrogen and oxygen atoms in total. The van der Waals surface area contributed by atoms with E-state index in [9.17, 15) is 9.59 Å². The second-order valence-electron chi connectivity index (χ2n) is 9.01. The standard InChI is InChI=1S/C29H29N5O2/c1-20-13-14-23(33-15-17-34(18-16-33)29(36)31-22-9-5-3-6-10-22)19-26(20)30-21(2)27-24-11-7-4-8-12-25(24)32-28(27)35/h3-14,19H,15-18H2,1-2H3,(H,31,36)(H,32,35). The van der Waals surface area contributed by atoms with E-state index in [1.807, 2.05) is 79.4 Å². The summed E-state index contributed by atoms with van der Waals surface area (Å²) < 4.78 is 0. The van der Waals surface area contributed by atoms with Crippen LogP contribution in [-0.2, 0) is 0 Å². The molecule has 0 saturated carbocycles. The number of urea groups is 1. The molecular weight excluding hydrogens is 450 g/mol. The van der Waals surface area contributed by atoms with Crippen LogP contribution in [0.25, 0.3) is 11.3 Å². The predicted molar refractivity (Wildman–Crippen MR) is 146 cm³/mol. The lowest BCUT2D eigenvalue weighted by Gasteiger charge is -2.36. The number of anilines is 2. The molecule has 7 heteroatoms. The summed E-state index contributed by atoms with van der Waals surface area (Å²) >= 11 is 0. The minimum atomic E-state index is -0.129. The van der Waals surface area contributed by atoms with Crippen LogP contribution in [0.3, 0.4) is 0 Å². The van der Waals surface area contributed by atoms with Crippen molar-refractivity contribution in [2.75, 3.05) is 36.4 Å². The first-order valence-electron chi connectivity index (χ1n) is 12.1. The van der Waals surface area contributed by atoms with E-state index < -0.39 is 0 Å². The maximum absolute atomic E-state index is 12.7. The van der Waals surface area contributed by atoms with Gasteiger partial charge in [0.25, 0.3) is 5.56 Å². The number of hydrogen-bond donors (Lipinski definition) is 2. The Morgan fingerprint density at radius 2 is 1.61 bits per heavy atom. The van der Waals surface area contributed by atoms with E-state index >= 15 is 0 Å². The molecule has 36 heavy (non-hydrogen) atoms. The first-order valence-corrected chi connectivity index (χ1v) is 12.1. The largest absolute Gasteiger partial charge is 0.368 e. The second kappa shape index (κ2) is 10.1. The number of carbonyl (C=O) groups excluding carboxylic acids is 1. The van der Waals surface area contributed by atoms with Gasteiger partial charge in [0, 0.05) is 48.8 Å². The molecule has 1 saturated heterocycles. The third kappa shape index (κ3) is 4.86. The molecule has 2 aromatic carbocycles. The topological polar surface area (TPSA) is 80.8 Å². The molecule has 2 amide bonds. The van der Waals surface area contributed by atoms with E-state index in [0.717, 1.165) is 47.0 Å². The van der Waals surface area contributed by atoms with Gasteiger partial charge < -0.3 is 20.1 Å². The number of nitrogens with zero attached hydrogens (tertiary/aromatic N) is 3. The number of hydrogen-bond acceptors (Lipinski definition) is 4. The molecule has 3 aliphatic rings. The highest BCUT2D eigenvalue weighted by molar-refractivity contribution is 6.05. The molecule has 2 aromatic rings. The molecule has 0 atom stereocenters. The summed E-state index contributed by atoms with van der Waals surface area (Å²) in [6.45, 7) is 6.64. The van der Waals surface area contributed by atoms with Gasteiger partial charge in [-0.05, 0) is 49.7 Å². The van der Waals surface area contributed by atoms with E-state index in [1.54, 1.807) is 0 Å². The van der Waals surface area contributed by atoms with Gasteiger partial charge in [0.1, 0.15) is 0 Å². The van der Waals surface area contributed by atoms with Gasteiger partial charge in [0.05, 0.1) is 17.0 Å². The summed E-state index contributed by atoms with van der Waals surface area (Å²) in [6.07, 6.45) is 0. The molecule has 0 radical (unpaired) electrons. The lowest BCUT2D eigenvalue weighted by molar-refractivity contribution is 0.208. The highest BCUT2D eigenvalue weighted by atomic mass is 16.2. The fourth-order valence-corrected chi connectivity index (χ4v) is 4.58. The second-order valence-corrected chi connectivity index (χ2v) is 9.01. The average Bonchev–Trinajstić information content (AvgIpc) is 3.04. The van der Waals surface area contributed by atoms with Crippen LogP contribution in [0.15, 0.2) is 88.6 Å². The van der Waals surface area contributed by atoms with Crippen molar-refractivity contribution in [3.05, 3.63) is 100 Å². The van der Waals surface area contributed by atoms with E-state index in [4.69, 9.17) is 4.99 Å². The van der Waals surface area contributed by atoms with Gasteiger partial charge in [-0.1, -0.05) is 48.5 Å². The van der Waals surface area contributed by atoms with E-state index in [2.05, 4.69) is 33.4 Å². The van der Waals surface area contributed by atoms with Crippen molar-refractivity contribution in [1.29, 1.82) is 0 Å². The number of benzene rings is 2. The van der Waals surface area contributed by atoms with Crippen molar-refractivity contribution in [2.24, 2.45) is 4.99 Å². The Morgan fingerprint density at radius 3 is 2.36 bits per heavy atom. The van der Waals surface area contributed by atoms with Gasteiger partial charge in [-0.25, -0.2) is 4.79 Å². The van der Waals surface area contributed by atoms with Crippen LogP contribution in [0.1, 0.15) is 18.1 Å². The molecule has 182 valence electrons. The molecule has 1 fully saturated rings. The quantitative estimate of drug-likeness (QED) is 0.391. The maximum atomic E-state index is 12.7. The normalized spacial score (nSPS) is 14.2. The van der Waals surface area contributed by atoms with Crippen LogP contribution in [0, 0.1) is 6.92 Å². The monoisotopic (exact) mass is 479 g/mol. The van der Waals surface area contributed by atoms with Gasteiger partial charge >= 0.3 is 6.03 Å². The predicted octanol–water partition coefficient (Wildman–Crippen LogP) is 5.28. The van der Waals surface area contributed by atoms with Gasteiger partial charge in [-0.2, -0.15) is 0 Å². The molecule has 0 unspecified atom stereocenters. The number of H-pyrrole nitrogens is 1. The Bertz CT molecular complexity index is 1440. The molecule has 0 spiro atoms. The first kappa shape index (κ1) is 23.4. The molecule has 2 heterocycles. The molecule has 5 rings (SSSR count). The molecular formula is C29H29N5O2. The Hall–Kier alpha value is -4.39. The molecule has 1 aliphatic carbocycles. The van der Waals surface area contributed by atoms with Crippen molar-refractivity contribution in [1.82, 2.24) is 9.88 Å². The lowest BCUT2D eigenvalue weighted by Crippen LogP contribution is -2.50. The number of aromatic amines is 1. The third-order valence-electron chi connectivity index (χ3n) is 6.58. The Morgan fingerprint density at radius 1 is 0.917 bits per heavy atom. The lowest BCUT2D eigenvalue weighted by atomic mass is 10.1. The highest BCUT2D eigenvalue weighted by Crippen LogP contribution is 2.29. The summed E-state index contributed by atoms with van der Waals surface area (Å²) in [5.41, 5.74) is 6.55. The zero-order chi connectivity index (χ0) is 25.1. The summed E-state index contributed by atoms with van der Waals surface area (Å²) in [6, 6.07) is 25.3. The van der Waals surface area contributed by atoms with Crippen molar-refractivity contribution in [3.8, 4) is 11.3 Å². The number of aliphatic imine (C=N–C) groups is 1. The minimum absolute atomic E-state index is 0.0776. The fraction of sp³-hybridized carbons (Fsp3) is 0.207. The van der Waals surface area contributed by atoms with Crippen molar-refractivity contribution in [2.45, 2.75) is 13.8 Å². The number of nitrogens with one attached hydrogen (secondary N) is 2. The van der Waals surface area contributed by atoms with Crippen molar-refractivity contribution in [3.63, 3.8) is 0 Å². The molecule has 2 aliphatic heterocycles. The van der Waals surface area contributed by atoms with Crippen LogP contribution >= 0.6 is 0 Å². The van der Waals surface area contributed by atoms with Crippen molar-refractivity contribution < 1.29 is 4.79 Å². The highest BCUT2D eigenvalue weighted by Gasteiger charge is 2.22. The van der Waals surface area contributed by atoms with Crippen LogP contribution in [0.2, 0.25) is 0 Å². The fourth-order valence-electron chi connectivity index (χ4n) is 4.58. The smallest absolute Gasteiger partial charge is 0.321 e. The van der Waals surface area contributed by atoms with Gasteiger partial charge in [-0.3, -0.25) is 9.79 Å². The van der Waals surface area contributed by atoms with Crippen LogP contribution in [-0.4, -0.2) is 47.8 Å². The number of rotatable bonds is 4. The first-order chi connectivity index (χ1) is 17.5. The summed E-state index contributed by atoms with van der Waals surface area (Å²) in [5.74, 6) is 0. The van der Waals surface area contributed by atoms with E-state index in [1.165, 1.54) is 0 Å². The van der Waals surface area contributed by atoms with Crippen LogP contribution in [0.5, 0.6) is 0 Å². The Kier molecular flexibility index (Phi) is 6.54. The summed E-state index contributed by atoms with van der Waals surface area (Å²) in [5, 5.41) is 2.96. The number of aromatic nitrogens is 1. The Labute approximate surface area is 210 Å². The zero-order valence-corrected chi connectivity index (χ0v) is 20.5. The summed E-state index contributed by atoms with van der Waals surface area (Å²) in [4.78, 5) is 37.2. The number of amides is 2. The van der Waals surface area contributed by atoms with E-state index in [0.29, 0.717) is 24.4 Å². The van der Waals surface area contributed by atoms with Crippen LogP contribution < -0.4 is 15.8 Å². The SMILES string of the molecule is CC(=Nc1cc(N2CCN(C(=O)Nc3ccccc3)CC2)ccc1C)c1c2cccccc-2[nH]c1=O. The Balaban J connectivity index is 1.32. The third-order valence-corrected chi connectivity index (χ3v) is 6.58. The average molecular weight is 480 g/mol. The number of aryl methyl sites for hydroxylation is 1. The molecule has 0 aromatic heterocycles. The zero-order valence-electron chi connectivity index (χ0n) is 20.5. The molecule has 0 bridgehead atoms. The molecule has 2 N–H and O–H groups in total. The summed E-state index contributed by atoms with van der Waals surface area (Å²) in [7, 11) is 0. The van der Waals surface area contributed by atoms with Gasteiger partial charge in [0.2, 0.25) is 0 Å². The minimum Gasteiger partial charge on any atom is -0.368 e.